The first-order valence-corrected chi connectivity index (χ1v) is 9.25. The molecular weight excluding hydrogens is 475 g/mol. The zero-order chi connectivity index (χ0) is 19.9. The van der Waals surface area contributed by atoms with Crippen LogP contribution in [0.3, 0.4) is 0 Å². The summed E-state index contributed by atoms with van der Waals surface area (Å²) < 4.78 is 10.6. The van der Waals surface area contributed by atoms with Gasteiger partial charge in [0.25, 0.3) is 0 Å². The number of alkyl carbamates (subject to hydrolysis) is 1. The molecule has 0 aromatic heterocycles. The van der Waals surface area contributed by atoms with Crippen LogP contribution in [0, 0.1) is 3.57 Å². The fourth-order valence-corrected chi connectivity index (χ4v) is 3.11. The van der Waals surface area contributed by atoms with Gasteiger partial charge in [0.1, 0.15) is 12.1 Å². The molecule has 7 nitrogen and oxygen atoms in total. The second kappa shape index (κ2) is 9.96. The number of hydrogen-bond donors (Lipinski definition) is 2. The number of hydrogen-bond acceptors (Lipinski definition) is 5. The lowest BCUT2D eigenvalue weighted by atomic mass is 10.0. The Bertz CT molecular complexity index is 655. The van der Waals surface area contributed by atoms with Gasteiger partial charge in [0, 0.05) is 8.59 Å². The topological polar surface area (TPSA) is 93.7 Å². The van der Waals surface area contributed by atoms with Crippen LogP contribution in [0.2, 0.25) is 5.02 Å². The third-order valence-corrected chi connectivity index (χ3v) is 3.85. The lowest BCUT2D eigenvalue weighted by Crippen LogP contribution is -2.41. The number of carbonyl (C=O) groups excluding carboxylic acids is 3. The van der Waals surface area contributed by atoms with Gasteiger partial charge in [0.2, 0.25) is 5.91 Å². The van der Waals surface area contributed by atoms with Crippen LogP contribution in [0.1, 0.15) is 38.8 Å². The van der Waals surface area contributed by atoms with Crippen LogP contribution in [-0.4, -0.2) is 37.2 Å². The Morgan fingerprint density at radius 1 is 1.23 bits per heavy atom. The van der Waals surface area contributed by atoms with Gasteiger partial charge < -0.3 is 20.1 Å². The molecule has 144 valence electrons. The van der Waals surface area contributed by atoms with Crippen LogP contribution < -0.4 is 10.6 Å². The predicted octanol–water partition coefficient (Wildman–Crippen LogP) is 3.19. The van der Waals surface area contributed by atoms with Gasteiger partial charge in [-0.2, -0.15) is 0 Å². The van der Waals surface area contributed by atoms with E-state index in [2.05, 4.69) is 38.0 Å². The fraction of sp³-hybridized carbons (Fsp3) is 0.471. The molecule has 0 saturated heterocycles. The highest BCUT2D eigenvalue weighted by Crippen LogP contribution is 2.24. The summed E-state index contributed by atoms with van der Waals surface area (Å²) in [5.74, 6) is -0.954. The standard InChI is InChI=1S/C17H22ClIN2O5/c1-17(2,3)26-16(24)20-9-14(22)21-13(8-15(23)25-4)10-5-11(18)7-12(19)6-10/h5-7,13H,8-9H2,1-4H3,(H,20,24)(H,21,22). The molecule has 0 aliphatic carbocycles. The molecule has 0 radical (unpaired) electrons. The van der Waals surface area contributed by atoms with Crippen LogP contribution in [-0.2, 0) is 19.1 Å². The normalized spacial score (nSPS) is 12.1. The molecular formula is C17H22ClIN2O5. The van der Waals surface area contributed by atoms with E-state index in [1.807, 2.05) is 6.07 Å². The number of nitrogens with one attached hydrogen (secondary N) is 2. The average molecular weight is 497 g/mol. The molecule has 1 rings (SSSR count). The number of halogens is 2. The number of benzene rings is 1. The molecule has 1 aromatic rings. The van der Waals surface area contributed by atoms with E-state index in [0.29, 0.717) is 10.6 Å². The molecule has 2 N–H and O–H groups in total. The Kier molecular flexibility index (Phi) is 8.61. The Balaban J connectivity index is 2.77. The van der Waals surface area contributed by atoms with Gasteiger partial charge in [-0.15, -0.1) is 0 Å². The summed E-state index contributed by atoms with van der Waals surface area (Å²) in [6, 6.07) is 4.59. The lowest BCUT2D eigenvalue weighted by molar-refractivity contribution is -0.141. The summed E-state index contributed by atoms with van der Waals surface area (Å²) in [6.45, 7) is 4.88. The summed E-state index contributed by atoms with van der Waals surface area (Å²) in [6.07, 6.45) is -0.764. The minimum absolute atomic E-state index is 0.0644. The molecule has 1 atom stereocenters. The van der Waals surface area contributed by atoms with E-state index in [1.165, 1.54) is 7.11 Å². The van der Waals surface area contributed by atoms with Crippen molar-refractivity contribution < 1.29 is 23.9 Å². The smallest absolute Gasteiger partial charge is 0.408 e. The van der Waals surface area contributed by atoms with Crippen molar-refractivity contribution in [1.82, 2.24) is 10.6 Å². The van der Waals surface area contributed by atoms with Gasteiger partial charge in [0.05, 0.1) is 19.6 Å². The summed E-state index contributed by atoms with van der Waals surface area (Å²) in [7, 11) is 1.27. The van der Waals surface area contributed by atoms with Crippen molar-refractivity contribution in [2.24, 2.45) is 0 Å². The number of carbonyl (C=O) groups is 3. The van der Waals surface area contributed by atoms with Crippen molar-refractivity contribution in [2.45, 2.75) is 38.8 Å². The van der Waals surface area contributed by atoms with Crippen molar-refractivity contribution in [2.75, 3.05) is 13.7 Å². The maximum atomic E-state index is 12.2. The Hall–Kier alpha value is -1.55. The first-order chi connectivity index (χ1) is 12.0. The van der Waals surface area contributed by atoms with Crippen molar-refractivity contribution in [1.29, 1.82) is 0 Å². The quantitative estimate of drug-likeness (QED) is 0.466. The molecule has 1 unspecified atom stereocenters. The molecule has 0 saturated carbocycles. The van der Waals surface area contributed by atoms with Crippen molar-refractivity contribution >= 4 is 52.2 Å². The zero-order valence-electron chi connectivity index (χ0n) is 15.0. The van der Waals surface area contributed by atoms with Crippen molar-refractivity contribution in [3.63, 3.8) is 0 Å². The van der Waals surface area contributed by atoms with E-state index >= 15 is 0 Å². The number of rotatable bonds is 6. The predicted molar refractivity (Wildman–Crippen MR) is 106 cm³/mol. The Morgan fingerprint density at radius 2 is 1.88 bits per heavy atom. The van der Waals surface area contributed by atoms with E-state index in [4.69, 9.17) is 16.3 Å². The third kappa shape index (κ3) is 8.70. The lowest BCUT2D eigenvalue weighted by Gasteiger charge is -2.21. The van der Waals surface area contributed by atoms with E-state index in [0.717, 1.165) is 3.57 Å². The molecule has 0 fully saturated rings. The summed E-state index contributed by atoms with van der Waals surface area (Å²) in [5, 5.41) is 5.56. The summed E-state index contributed by atoms with van der Waals surface area (Å²) in [5.41, 5.74) is 0.00348. The molecule has 9 heteroatoms. The van der Waals surface area contributed by atoms with Crippen LogP contribution in [0.4, 0.5) is 4.79 Å². The average Bonchev–Trinajstić information content (AvgIpc) is 2.49. The van der Waals surface area contributed by atoms with Crippen LogP contribution in [0.25, 0.3) is 0 Å². The van der Waals surface area contributed by atoms with Gasteiger partial charge >= 0.3 is 12.1 Å². The molecule has 2 amide bonds. The second-order valence-electron chi connectivity index (χ2n) is 6.46. The van der Waals surface area contributed by atoms with E-state index in [-0.39, 0.29) is 13.0 Å². The van der Waals surface area contributed by atoms with Gasteiger partial charge in [-0.1, -0.05) is 11.6 Å². The molecule has 26 heavy (non-hydrogen) atoms. The molecule has 0 bridgehead atoms. The third-order valence-electron chi connectivity index (χ3n) is 3.01. The van der Waals surface area contributed by atoms with Crippen molar-refractivity contribution in [3.05, 3.63) is 32.4 Å². The zero-order valence-corrected chi connectivity index (χ0v) is 17.9. The number of esters is 1. The highest BCUT2D eigenvalue weighted by Gasteiger charge is 2.21. The molecule has 0 spiro atoms. The molecule has 0 aliphatic heterocycles. The minimum Gasteiger partial charge on any atom is -0.469 e. The van der Waals surface area contributed by atoms with E-state index < -0.39 is 29.6 Å². The van der Waals surface area contributed by atoms with Gasteiger partial charge in [-0.3, -0.25) is 9.59 Å². The number of ether oxygens (including phenoxy) is 2. The van der Waals surface area contributed by atoms with Gasteiger partial charge in [-0.05, 0) is 67.1 Å². The summed E-state index contributed by atoms with van der Waals surface area (Å²) >= 11 is 8.15. The first-order valence-electron chi connectivity index (χ1n) is 7.79. The van der Waals surface area contributed by atoms with Gasteiger partial charge in [0.15, 0.2) is 0 Å². The first kappa shape index (κ1) is 22.5. The maximum absolute atomic E-state index is 12.2. The van der Waals surface area contributed by atoms with Crippen molar-refractivity contribution in [3.8, 4) is 0 Å². The molecule has 1 aromatic carbocycles. The van der Waals surface area contributed by atoms with Crippen LogP contribution in [0.5, 0.6) is 0 Å². The number of amides is 2. The Labute approximate surface area is 171 Å². The highest BCUT2D eigenvalue weighted by atomic mass is 127. The molecule has 0 heterocycles. The number of methoxy groups -OCH3 is 1. The minimum atomic E-state index is -0.700. The highest BCUT2D eigenvalue weighted by molar-refractivity contribution is 14.1. The molecule has 0 aliphatic rings. The van der Waals surface area contributed by atoms with E-state index in [1.54, 1.807) is 32.9 Å². The fourth-order valence-electron chi connectivity index (χ4n) is 1.99. The maximum Gasteiger partial charge on any atom is 0.408 e. The van der Waals surface area contributed by atoms with Crippen LogP contribution in [0.15, 0.2) is 18.2 Å². The SMILES string of the molecule is COC(=O)CC(NC(=O)CNC(=O)OC(C)(C)C)c1cc(Cl)cc(I)c1. The largest absolute Gasteiger partial charge is 0.469 e. The second-order valence-corrected chi connectivity index (χ2v) is 8.14. The van der Waals surface area contributed by atoms with Crippen LogP contribution >= 0.6 is 34.2 Å². The van der Waals surface area contributed by atoms with Gasteiger partial charge in [-0.25, -0.2) is 4.79 Å². The van der Waals surface area contributed by atoms with E-state index in [9.17, 15) is 14.4 Å². The summed E-state index contributed by atoms with van der Waals surface area (Å²) in [4.78, 5) is 35.5. The Morgan fingerprint density at radius 3 is 2.42 bits per heavy atom. The monoisotopic (exact) mass is 496 g/mol.